The third kappa shape index (κ3) is 4.80. The minimum Gasteiger partial charge on any atom is -0.505 e. The summed E-state index contributed by atoms with van der Waals surface area (Å²) in [6.07, 6.45) is 2.70. The molecule has 0 spiro atoms. The number of hydrogen-bond donors (Lipinski definition) is 2. The van der Waals surface area contributed by atoms with Crippen LogP contribution in [-0.4, -0.2) is 16.0 Å². The van der Waals surface area contributed by atoms with Crippen LogP contribution in [0.1, 0.15) is 54.5 Å². The summed E-state index contributed by atoms with van der Waals surface area (Å²) < 4.78 is 0. The maximum atomic E-state index is 12.9. The molecular formula is C28H28N2O2. The van der Waals surface area contributed by atoms with Crippen LogP contribution < -0.4 is 5.32 Å². The molecule has 4 heteroatoms. The van der Waals surface area contributed by atoms with Gasteiger partial charge in [-0.3, -0.25) is 9.78 Å². The summed E-state index contributed by atoms with van der Waals surface area (Å²) in [5.41, 5.74) is 4.45. The topological polar surface area (TPSA) is 62.2 Å². The number of pyridine rings is 1. The lowest BCUT2D eigenvalue weighted by Gasteiger charge is -2.22. The van der Waals surface area contributed by atoms with Crippen LogP contribution in [0.2, 0.25) is 0 Å². The van der Waals surface area contributed by atoms with Gasteiger partial charge in [0.15, 0.2) is 0 Å². The van der Waals surface area contributed by atoms with Crippen LogP contribution in [0.5, 0.6) is 5.75 Å². The molecule has 0 saturated heterocycles. The molecule has 1 aromatic heterocycles. The second-order valence-electron chi connectivity index (χ2n) is 8.39. The number of phenols is 1. The molecule has 162 valence electrons. The van der Waals surface area contributed by atoms with Gasteiger partial charge in [0, 0.05) is 23.6 Å². The number of phenolic OH excluding ortho intramolecular Hbond substituents is 1. The van der Waals surface area contributed by atoms with E-state index in [1.807, 2.05) is 66.7 Å². The van der Waals surface area contributed by atoms with Crippen molar-refractivity contribution in [2.75, 3.05) is 0 Å². The highest BCUT2D eigenvalue weighted by Gasteiger charge is 2.22. The number of amides is 1. The molecular weight excluding hydrogens is 396 g/mol. The third-order valence-electron chi connectivity index (χ3n) is 5.82. The van der Waals surface area contributed by atoms with Gasteiger partial charge in [-0.15, -0.1) is 0 Å². The zero-order valence-electron chi connectivity index (χ0n) is 18.5. The number of aromatic hydroxyl groups is 1. The monoisotopic (exact) mass is 424 g/mol. The predicted molar refractivity (Wildman–Crippen MR) is 129 cm³/mol. The molecule has 4 rings (SSSR count). The molecule has 0 saturated carbocycles. The van der Waals surface area contributed by atoms with Crippen molar-refractivity contribution < 1.29 is 9.90 Å². The summed E-state index contributed by atoms with van der Waals surface area (Å²) >= 11 is 0. The molecule has 4 aromatic rings. The number of nitrogens with zero attached hydrogens (tertiary/aromatic N) is 1. The van der Waals surface area contributed by atoms with Crippen LogP contribution in [0, 0.1) is 0 Å². The van der Waals surface area contributed by atoms with Crippen molar-refractivity contribution >= 4 is 16.8 Å². The molecule has 0 aliphatic rings. The largest absolute Gasteiger partial charge is 0.505 e. The first-order valence-electron chi connectivity index (χ1n) is 11.0. The van der Waals surface area contributed by atoms with E-state index in [1.165, 1.54) is 5.56 Å². The maximum absolute atomic E-state index is 12.9. The lowest BCUT2D eigenvalue weighted by atomic mass is 9.93. The Kier molecular flexibility index (Phi) is 6.50. The number of hydrogen-bond acceptors (Lipinski definition) is 3. The molecule has 1 heterocycles. The molecule has 3 aromatic carbocycles. The van der Waals surface area contributed by atoms with Crippen LogP contribution >= 0.6 is 0 Å². The molecule has 0 radical (unpaired) electrons. The maximum Gasteiger partial charge on any atom is 0.221 e. The van der Waals surface area contributed by atoms with E-state index < -0.39 is 6.04 Å². The van der Waals surface area contributed by atoms with Crippen LogP contribution in [0.15, 0.2) is 85.1 Å². The Morgan fingerprint density at radius 2 is 1.62 bits per heavy atom. The number of carbonyl (C=O) groups excluding carboxylic acids is 1. The van der Waals surface area contributed by atoms with Gasteiger partial charge in [0.25, 0.3) is 0 Å². The standard InChI is InChI=1S/C28H28N2O2/c1-19(2)21-11-13-23(14-12-21)26(30-25(31)17-10-20-7-4-3-5-8-20)24-16-15-22-9-6-18-29-27(22)28(24)32/h3-9,11-16,18-19,26,32H,10,17H2,1-2H3,(H,30,31)/t26-/m0/s1. The van der Waals surface area contributed by atoms with Gasteiger partial charge in [-0.05, 0) is 35.1 Å². The molecule has 0 bridgehead atoms. The van der Waals surface area contributed by atoms with E-state index in [0.29, 0.717) is 29.8 Å². The molecule has 0 aliphatic carbocycles. The number of fused-ring (bicyclic) bond motifs is 1. The summed E-state index contributed by atoms with van der Waals surface area (Å²) in [4.78, 5) is 17.3. The average molecular weight is 425 g/mol. The predicted octanol–water partition coefficient (Wildman–Crippen LogP) is 5.90. The highest BCUT2D eigenvalue weighted by atomic mass is 16.3. The molecule has 2 N–H and O–H groups in total. The van der Waals surface area contributed by atoms with Crippen molar-refractivity contribution in [1.82, 2.24) is 10.3 Å². The fourth-order valence-electron chi connectivity index (χ4n) is 3.93. The SMILES string of the molecule is CC(C)c1ccc([C@H](NC(=O)CCc2ccccc2)c2ccc3cccnc3c2O)cc1. The lowest BCUT2D eigenvalue weighted by Crippen LogP contribution is -2.29. The third-order valence-corrected chi connectivity index (χ3v) is 5.82. The van der Waals surface area contributed by atoms with Gasteiger partial charge < -0.3 is 10.4 Å². The van der Waals surface area contributed by atoms with E-state index in [1.54, 1.807) is 6.20 Å². The number of aryl methyl sites for hydroxylation is 1. The van der Waals surface area contributed by atoms with Gasteiger partial charge >= 0.3 is 0 Å². The Balaban J connectivity index is 1.65. The molecule has 0 aliphatic heterocycles. The van der Waals surface area contributed by atoms with E-state index in [4.69, 9.17) is 0 Å². The number of rotatable bonds is 7. The van der Waals surface area contributed by atoms with Gasteiger partial charge in [-0.2, -0.15) is 0 Å². The molecule has 0 unspecified atom stereocenters. The molecule has 4 nitrogen and oxygen atoms in total. The minimum atomic E-state index is -0.467. The summed E-state index contributed by atoms with van der Waals surface area (Å²) in [6.45, 7) is 4.30. The van der Waals surface area contributed by atoms with Crippen molar-refractivity contribution in [3.05, 3.63) is 107 Å². The Labute approximate surface area is 189 Å². The van der Waals surface area contributed by atoms with Gasteiger partial charge in [0.1, 0.15) is 11.3 Å². The second-order valence-corrected chi connectivity index (χ2v) is 8.39. The Morgan fingerprint density at radius 3 is 2.34 bits per heavy atom. The van der Waals surface area contributed by atoms with Gasteiger partial charge in [0.05, 0.1) is 6.04 Å². The normalized spacial score (nSPS) is 12.1. The average Bonchev–Trinajstić information content (AvgIpc) is 2.83. The summed E-state index contributed by atoms with van der Waals surface area (Å²) in [6, 6.07) is 25.3. The highest BCUT2D eigenvalue weighted by Crippen LogP contribution is 2.35. The van der Waals surface area contributed by atoms with E-state index >= 15 is 0 Å². The van der Waals surface area contributed by atoms with E-state index in [9.17, 15) is 9.90 Å². The Bertz CT molecular complexity index is 1200. The van der Waals surface area contributed by atoms with Gasteiger partial charge in [-0.25, -0.2) is 0 Å². The second kappa shape index (κ2) is 9.65. The van der Waals surface area contributed by atoms with Crippen LogP contribution in [0.25, 0.3) is 10.9 Å². The van der Waals surface area contributed by atoms with Crippen molar-refractivity contribution in [3.8, 4) is 5.75 Å². The summed E-state index contributed by atoms with van der Waals surface area (Å²) in [5.74, 6) is 0.456. The lowest BCUT2D eigenvalue weighted by molar-refractivity contribution is -0.121. The molecule has 0 fully saturated rings. The Hall–Kier alpha value is -3.66. The first-order valence-corrected chi connectivity index (χ1v) is 11.0. The summed E-state index contributed by atoms with van der Waals surface area (Å²) in [5, 5.41) is 15.0. The van der Waals surface area contributed by atoms with Crippen molar-refractivity contribution in [2.24, 2.45) is 0 Å². The minimum absolute atomic E-state index is 0.0627. The van der Waals surface area contributed by atoms with E-state index in [2.05, 4.69) is 36.3 Å². The zero-order chi connectivity index (χ0) is 22.5. The highest BCUT2D eigenvalue weighted by molar-refractivity contribution is 5.86. The zero-order valence-corrected chi connectivity index (χ0v) is 18.5. The fraction of sp³-hybridized carbons (Fsp3) is 0.214. The fourth-order valence-corrected chi connectivity index (χ4v) is 3.93. The van der Waals surface area contributed by atoms with Crippen molar-refractivity contribution in [2.45, 2.75) is 38.6 Å². The first-order chi connectivity index (χ1) is 15.5. The molecule has 1 atom stereocenters. The van der Waals surface area contributed by atoms with Crippen molar-refractivity contribution in [3.63, 3.8) is 0 Å². The van der Waals surface area contributed by atoms with E-state index in [-0.39, 0.29) is 11.7 Å². The number of carbonyl (C=O) groups is 1. The number of benzene rings is 3. The van der Waals surface area contributed by atoms with Gasteiger partial charge in [0.2, 0.25) is 5.91 Å². The Morgan fingerprint density at radius 1 is 0.906 bits per heavy atom. The number of aromatic nitrogens is 1. The van der Waals surface area contributed by atoms with Crippen LogP contribution in [-0.2, 0) is 11.2 Å². The quantitative estimate of drug-likeness (QED) is 0.388. The van der Waals surface area contributed by atoms with Crippen LogP contribution in [0.3, 0.4) is 0 Å². The van der Waals surface area contributed by atoms with E-state index in [0.717, 1.165) is 16.5 Å². The number of nitrogens with one attached hydrogen (secondary N) is 1. The van der Waals surface area contributed by atoms with Crippen LogP contribution in [0.4, 0.5) is 0 Å². The summed E-state index contributed by atoms with van der Waals surface area (Å²) in [7, 11) is 0. The van der Waals surface area contributed by atoms with Gasteiger partial charge in [-0.1, -0.05) is 86.6 Å². The smallest absolute Gasteiger partial charge is 0.221 e. The first kappa shape index (κ1) is 21.6. The molecule has 32 heavy (non-hydrogen) atoms. The molecule has 1 amide bonds. The van der Waals surface area contributed by atoms with Crippen molar-refractivity contribution in [1.29, 1.82) is 0 Å².